The second-order valence-electron chi connectivity index (χ2n) is 4.91. The monoisotopic (exact) mass is 406 g/mol. The number of benzene rings is 2. The topological polar surface area (TPSA) is 80.2 Å². The first kappa shape index (κ1) is 18.8. The molecular formula is C18H19BrN2O4. The van der Waals surface area contributed by atoms with Gasteiger partial charge < -0.3 is 14.6 Å². The van der Waals surface area contributed by atoms with Crippen molar-refractivity contribution in [3.05, 3.63) is 52.0 Å². The van der Waals surface area contributed by atoms with E-state index in [0.717, 1.165) is 10.0 Å². The standard InChI is InChI=1S/C18H19BrN2O4/c1-3-24-16-10-12(9-14(19)17(16)25-4-2)11-20-21-18(23)13-7-5-6-8-15(13)22/h5-11,22H,3-4H2,1-2H3,(H,21,23)/b20-11-. The lowest BCUT2D eigenvalue weighted by Gasteiger charge is -2.13. The van der Waals surface area contributed by atoms with Crippen molar-refractivity contribution in [2.75, 3.05) is 13.2 Å². The SMILES string of the molecule is CCOc1cc(/C=N\NC(=O)c2ccccc2O)cc(Br)c1OCC. The van der Waals surface area contributed by atoms with E-state index >= 15 is 0 Å². The third kappa shape index (κ3) is 4.96. The normalized spacial score (nSPS) is 10.7. The molecule has 0 aromatic heterocycles. The Bertz CT molecular complexity index is 778. The predicted molar refractivity (Wildman–Crippen MR) is 99.6 cm³/mol. The van der Waals surface area contributed by atoms with Crippen molar-refractivity contribution in [1.29, 1.82) is 0 Å². The van der Waals surface area contributed by atoms with Crippen molar-refractivity contribution in [1.82, 2.24) is 5.43 Å². The van der Waals surface area contributed by atoms with Crippen LogP contribution < -0.4 is 14.9 Å². The number of carbonyl (C=O) groups excluding carboxylic acids is 1. The smallest absolute Gasteiger partial charge is 0.275 e. The lowest BCUT2D eigenvalue weighted by atomic mass is 10.2. The Morgan fingerprint density at radius 3 is 2.64 bits per heavy atom. The van der Waals surface area contributed by atoms with Gasteiger partial charge in [0.05, 0.1) is 29.5 Å². The fourth-order valence-electron chi connectivity index (χ4n) is 2.10. The molecule has 2 aromatic rings. The maximum absolute atomic E-state index is 12.0. The van der Waals surface area contributed by atoms with Gasteiger partial charge in [-0.25, -0.2) is 5.43 Å². The van der Waals surface area contributed by atoms with E-state index in [0.29, 0.717) is 24.7 Å². The minimum atomic E-state index is -0.496. The fourth-order valence-corrected chi connectivity index (χ4v) is 2.68. The van der Waals surface area contributed by atoms with E-state index in [2.05, 4.69) is 26.5 Å². The summed E-state index contributed by atoms with van der Waals surface area (Å²) in [4.78, 5) is 12.0. The van der Waals surface area contributed by atoms with Crippen LogP contribution in [-0.2, 0) is 0 Å². The van der Waals surface area contributed by atoms with Gasteiger partial charge in [-0.2, -0.15) is 5.10 Å². The summed E-state index contributed by atoms with van der Waals surface area (Å²) >= 11 is 3.45. The Labute approximate surface area is 154 Å². The van der Waals surface area contributed by atoms with E-state index in [1.807, 2.05) is 19.9 Å². The van der Waals surface area contributed by atoms with Crippen LogP contribution in [0.3, 0.4) is 0 Å². The third-order valence-electron chi connectivity index (χ3n) is 3.15. The summed E-state index contributed by atoms with van der Waals surface area (Å²) in [7, 11) is 0. The zero-order chi connectivity index (χ0) is 18.2. The first-order chi connectivity index (χ1) is 12.1. The molecule has 0 bridgehead atoms. The van der Waals surface area contributed by atoms with Crippen LogP contribution in [0, 0.1) is 0 Å². The Balaban J connectivity index is 2.15. The van der Waals surface area contributed by atoms with Gasteiger partial charge in [0, 0.05) is 0 Å². The Kier molecular flexibility index (Phi) is 6.82. The molecule has 0 aliphatic rings. The van der Waals surface area contributed by atoms with Crippen LogP contribution in [0.1, 0.15) is 29.8 Å². The number of carbonyl (C=O) groups is 1. The molecule has 25 heavy (non-hydrogen) atoms. The summed E-state index contributed by atoms with van der Waals surface area (Å²) in [6.45, 7) is 4.79. The van der Waals surface area contributed by atoms with E-state index in [1.165, 1.54) is 18.3 Å². The number of hydrogen-bond acceptors (Lipinski definition) is 5. The van der Waals surface area contributed by atoms with Gasteiger partial charge in [0.25, 0.3) is 5.91 Å². The zero-order valence-corrected chi connectivity index (χ0v) is 15.5. The molecule has 0 aliphatic carbocycles. The highest BCUT2D eigenvalue weighted by Crippen LogP contribution is 2.36. The highest BCUT2D eigenvalue weighted by Gasteiger charge is 2.12. The van der Waals surface area contributed by atoms with Crippen LogP contribution >= 0.6 is 15.9 Å². The summed E-state index contributed by atoms with van der Waals surface area (Å²) in [6.07, 6.45) is 1.49. The average Bonchev–Trinajstić information content (AvgIpc) is 2.58. The van der Waals surface area contributed by atoms with Crippen LogP contribution in [0.25, 0.3) is 0 Å². The molecule has 0 radical (unpaired) electrons. The Morgan fingerprint density at radius 2 is 1.96 bits per heavy atom. The fraction of sp³-hybridized carbons (Fsp3) is 0.222. The van der Waals surface area contributed by atoms with Crippen LogP contribution in [0.15, 0.2) is 46.0 Å². The van der Waals surface area contributed by atoms with Gasteiger partial charge >= 0.3 is 0 Å². The number of nitrogens with zero attached hydrogens (tertiary/aromatic N) is 1. The lowest BCUT2D eigenvalue weighted by molar-refractivity contribution is 0.0952. The zero-order valence-electron chi connectivity index (χ0n) is 14.0. The maximum Gasteiger partial charge on any atom is 0.275 e. The second kappa shape index (κ2) is 9.08. The van der Waals surface area contributed by atoms with Gasteiger partial charge in [0.2, 0.25) is 0 Å². The molecule has 0 unspecified atom stereocenters. The number of rotatable bonds is 7. The second-order valence-corrected chi connectivity index (χ2v) is 5.77. The number of nitrogens with one attached hydrogen (secondary N) is 1. The van der Waals surface area contributed by atoms with E-state index in [4.69, 9.17) is 9.47 Å². The van der Waals surface area contributed by atoms with Crippen LogP contribution in [-0.4, -0.2) is 30.4 Å². The molecule has 2 aromatic carbocycles. The van der Waals surface area contributed by atoms with Gasteiger partial charge in [-0.15, -0.1) is 0 Å². The number of amides is 1. The summed E-state index contributed by atoms with van der Waals surface area (Å²) < 4.78 is 11.9. The van der Waals surface area contributed by atoms with Crippen molar-refractivity contribution in [3.8, 4) is 17.2 Å². The molecule has 0 spiro atoms. The van der Waals surface area contributed by atoms with Crippen LogP contribution in [0.2, 0.25) is 0 Å². The number of aromatic hydroxyl groups is 1. The summed E-state index contributed by atoms with van der Waals surface area (Å²) in [5.41, 5.74) is 3.26. The first-order valence-electron chi connectivity index (χ1n) is 7.77. The van der Waals surface area contributed by atoms with Crippen molar-refractivity contribution < 1.29 is 19.4 Å². The Hall–Kier alpha value is -2.54. The number of phenolic OH excluding ortho intramolecular Hbond substituents is 1. The number of phenols is 1. The number of hydrogen-bond donors (Lipinski definition) is 2. The molecule has 0 saturated heterocycles. The van der Waals surface area contributed by atoms with Crippen molar-refractivity contribution in [3.63, 3.8) is 0 Å². The summed E-state index contributed by atoms with van der Waals surface area (Å²) in [5.74, 6) is 0.619. The lowest BCUT2D eigenvalue weighted by Crippen LogP contribution is -2.17. The van der Waals surface area contributed by atoms with Gasteiger partial charge in [-0.1, -0.05) is 12.1 Å². The van der Waals surface area contributed by atoms with Gasteiger partial charge in [0.15, 0.2) is 11.5 Å². The Morgan fingerprint density at radius 1 is 1.24 bits per heavy atom. The van der Waals surface area contributed by atoms with E-state index < -0.39 is 5.91 Å². The molecule has 2 N–H and O–H groups in total. The summed E-state index contributed by atoms with van der Waals surface area (Å²) in [5, 5.41) is 13.6. The molecule has 0 saturated carbocycles. The first-order valence-corrected chi connectivity index (χ1v) is 8.56. The average molecular weight is 407 g/mol. The molecule has 2 rings (SSSR count). The number of para-hydroxylation sites is 1. The molecule has 132 valence electrons. The molecule has 6 nitrogen and oxygen atoms in total. The molecule has 0 heterocycles. The van der Waals surface area contributed by atoms with Crippen molar-refractivity contribution in [2.24, 2.45) is 5.10 Å². The van der Waals surface area contributed by atoms with E-state index in [-0.39, 0.29) is 11.3 Å². The minimum absolute atomic E-state index is 0.0994. The number of ether oxygens (including phenoxy) is 2. The highest BCUT2D eigenvalue weighted by atomic mass is 79.9. The molecule has 0 atom stereocenters. The van der Waals surface area contributed by atoms with Crippen LogP contribution in [0.5, 0.6) is 17.2 Å². The summed E-state index contributed by atoms with van der Waals surface area (Å²) in [6, 6.07) is 9.84. The van der Waals surface area contributed by atoms with Crippen molar-refractivity contribution in [2.45, 2.75) is 13.8 Å². The van der Waals surface area contributed by atoms with E-state index in [9.17, 15) is 9.90 Å². The molecule has 0 aliphatic heterocycles. The van der Waals surface area contributed by atoms with Gasteiger partial charge in [0.1, 0.15) is 5.75 Å². The quantitative estimate of drug-likeness (QED) is 0.542. The molecule has 0 fully saturated rings. The van der Waals surface area contributed by atoms with E-state index in [1.54, 1.807) is 18.2 Å². The number of halogens is 1. The molecule has 1 amide bonds. The molecule has 7 heteroatoms. The van der Waals surface area contributed by atoms with Crippen LogP contribution in [0.4, 0.5) is 0 Å². The number of hydrazone groups is 1. The van der Waals surface area contributed by atoms with Gasteiger partial charge in [-0.3, -0.25) is 4.79 Å². The van der Waals surface area contributed by atoms with Gasteiger partial charge in [-0.05, 0) is 59.6 Å². The molecular weight excluding hydrogens is 388 g/mol. The minimum Gasteiger partial charge on any atom is -0.507 e. The largest absolute Gasteiger partial charge is 0.507 e. The van der Waals surface area contributed by atoms with Crippen molar-refractivity contribution >= 4 is 28.1 Å². The predicted octanol–water partition coefficient (Wildman–Crippen LogP) is 3.72. The highest BCUT2D eigenvalue weighted by molar-refractivity contribution is 9.10. The maximum atomic E-state index is 12.0. The third-order valence-corrected chi connectivity index (χ3v) is 3.74.